The van der Waals surface area contributed by atoms with Crippen LogP contribution in [-0.4, -0.2) is 65.1 Å². The first-order valence-corrected chi connectivity index (χ1v) is 8.96. The molecule has 1 aliphatic heterocycles. The number of aromatic nitrogens is 3. The number of nitrogen functional groups attached to an aromatic ring is 1. The van der Waals surface area contributed by atoms with Gasteiger partial charge in [0.25, 0.3) is 0 Å². The van der Waals surface area contributed by atoms with Gasteiger partial charge in [-0.05, 0) is 13.0 Å². The van der Waals surface area contributed by atoms with Gasteiger partial charge < -0.3 is 35.0 Å². The summed E-state index contributed by atoms with van der Waals surface area (Å²) < 4.78 is 35.9. The lowest BCUT2D eigenvalue weighted by Gasteiger charge is -2.30. The van der Waals surface area contributed by atoms with Crippen molar-refractivity contribution in [1.82, 2.24) is 14.5 Å². The molecule has 1 fully saturated rings. The molecule has 0 spiro atoms. The van der Waals surface area contributed by atoms with Crippen LogP contribution in [0.2, 0.25) is 0 Å². The first kappa shape index (κ1) is 19.1. The lowest BCUT2D eigenvalue weighted by atomic mass is 9.88. The predicted molar refractivity (Wildman–Crippen MR) is 85.4 cm³/mol. The van der Waals surface area contributed by atoms with Crippen LogP contribution in [0.25, 0.3) is 11.0 Å². The zero-order valence-electron chi connectivity index (χ0n) is 13.6. The van der Waals surface area contributed by atoms with E-state index >= 15 is 0 Å². The summed E-state index contributed by atoms with van der Waals surface area (Å²) in [4.78, 5) is 25.6. The molecule has 2 aromatic heterocycles. The summed E-state index contributed by atoms with van der Waals surface area (Å²) in [6.45, 7) is -1.14. The van der Waals surface area contributed by atoms with E-state index < -0.39 is 44.6 Å². The van der Waals surface area contributed by atoms with Crippen LogP contribution in [0.4, 0.5) is 10.2 Å². The highest BCUT2D eigenvalue weighted by Crippen LogP contribution is 2.48. The molecule has 4 atom stereocenters. The van der Waals surface area contributed by atoms with Crippen molar-refractivity contribution in [3.8, 4) is 0 Å². The lowest BCUT2D eigenvalue weighted by molar-refractivity contribution is -0.135. The van der Waals surface area contributed by atoms with Gasteiger partial charge in [0, 0.05) is 6.20 Å². The summed E-state index contributed by atoms with van der Waals surface area (Å²) >= 11 is 0. The molecule has 0 radical (unpaired) electrons. The van der Waals surface area contributed by atoms with Crippen molar-refractivity contribution in [1.29, 1.82) is 0 Å². The van der Waals surface area contributed by atoms with Gasteiger partial charge in [-0.25, -0.2) is 18.9 Å². The first-order chi connectivity index (χ1) is 12.0. The number of aliphatic hydroxyl groups is 2. The number of nitrogens with two attached hydrogens (primary N) is 1. The average molecular weight is 392 g/mol. The largest absolute Gasteiger partial charge is 0.469 e. The van der Waals surface area contributed by atoms with Gasteiger partial charge in [0.15, 0.2) is 11.8 Å². The standard InChI is InChI=1S/C13H18FN4O7P/c1-12(20)10(19)13(4-14,5-24-26(21,22)23)25-11(12)18-3-2-7-8(15)16-6-17-9(7)18/h2-3,6,10-11,19-20H,4-5H2,1H3,(H2,15,16,17)(H2,21,22,23)/t10-,11+,12+,13+/m0/s1. The fourth-order valence-corrected chi connectivity index (χ4v) is 3.43. The van der Waals surface area contributed by atoms with Gasteiger partial charge in [0.2, 0.25) is 0 Å². The maximum Gasteiger partial charge on any atom is 0.469 e. The number of halogens is 1. The Hall–Kier alpha value is -1.66. The number of ether oxygens (including phenoxy) is 1. The smallest absolute Gasteiger partial charge is 0.387 e. The molecule has 1 saturated heterocycles. The van der Waals surface area contributed by atoms with Gasteiger partial charge in [0.05, 0.1) is 12.0 Å². The van der Waals surface area contributed by atoms with Crippen LogP contribution in [0.1, 0.15) is 13.2 Å². The van der Waals surface area contributed by atoms with Crippen LogP contribution in [0.3, 0.4) is 0 Å². The molecule has 3 rings (SSSR count). The van der Waals surface area contributed by atoms with E-state index in [1.54, 1.807) is 6.07 Å². The van der Waals surface area contributed by atoms with Crippen molar-refractivity contribution in [2.75, 3.05) is 19.0 Å². The van der Waals surface area contributed by atoms with Crippen molar-refractivity contribution in [3.63, 3.8) is 0 Å². The highest BCUT2D eigenvalue weighted by molar-refractivity contribution is 7.46. The quantitative estimate of drug-likeness (QED) is 0.416. The zero-order chi connectivity index (χ0) is 19.3. The average Bonchev–Trinajstić information content (AvgIpc) is 3.06. The molecule has 11 nitrogen and oxygen atoms in total. The summed E-state index contributed by atoms with van der Waals surface area (Å²) in [5.41, 5.74) is 1.80. The minimum atomic E-state index is -4.95. The molecular formula is C13H18FN4O7P. The van der Waals surface area contributed by atoms with Crippen molar-refractivity contribution < 1.29 is 38.2 Å². The number of hydrogen-bond donors (Lipinski definition) is 5. The van der Waals surface area contributed by atoms with E-state index in [2.05, 4.69) is 14.5 Å². The summed E-state index contributed by atoms with van der Waals surface area (Å²) in [5, 5.41) is 21.6. The van der Waals surface area contributed by atoms with Crippen molar-refractivity contribution in [3.05, 3.63) is 18.6 Å². The maximum absolute atomic E-state index is 13.7. The first-order valence-electron chi connectivity index (χ1n) is 7.43. The number of phosphoric acid groups is 1. The Morgan fingerprint density at radius 3 is 2.81 bits per heavy atom. The molecule has 0 bridgehead atoms. The number of nitrogens with zero attached hydrogens (tertiary/aromatic N) is 3. The summed E-state index contributed by atoms with van der Waals surface area (Å²) in [6.07, 6.45) is -0.540. The molecule has 0 aliphatic carbocycles. The Balaban J connectivity index is 2.02. The Labute approximate surface area is 146 Å². The molecule has 6 N–H and O–H groups in total. The van der Waals surface area contributed by atoms with Gasteiger partial charge in [-0.1, -0.05) is 0 Å². The van der Waals surface area contributed by atoms with Gasteiger partial charge in [-0.15, -0.1) is 0 Å². The Bertz CT molecular complexity index is 871. The molecule has 0 unspecified atom stereocenters. The van der Waals surface area contributed by atoms with E-state index in [4.69, 9.17) is 20.3 Å². The van der Waals surface area contributed by atoms with E-state index in [0.717, 1.165) is 0 Å². The summed E-state index contributed by atoms with van der Waals surface area (Å²) in [5.74, 6) is 0.175. The molecule has 0 aromatic carbocycles. The Morgan fingerprint density at radius 1 is 1.50 bits per heavy atom. The number of rotatable bonds is 5. The highest BCUT2D eigenvalue weighted by atomic mass is 31.2. The normalized spacial score (nSPS) is 32.4. The number of hydrogen-bond acceptors (Lipinski definition) is 8. The number of anilines is 1. The van der Waals surface area contributed by atoms with Crippen LogP contribution >= 0.6 is 7.82 Å². The van der Waals surface area contributed by atoms with Crippen LogP contribution in [-0.2, 0) is 13.8 Å². The van der Waals surface area contributed by atoms with E-state index in [1.807, 2.05) is 0 Å². The van der Waals surface area contributed by atoms with Gasteiger partial charge in [0.1, 0.15) is 36.2 Å². The number of alkyl halides is 1. The second kappa shape index (κ2) is 6.20. The minimum Gasteiger partial charge on any atom is -0.387 e. The number of fused-ring (bicyclic) bond motifs is 1. The summed E-state index contributed by atoms with van der Waals surface area (Å²) in [6, 6.07) is 1.55. The van der Waals surface area contributed by atoms with Crippen molar-refractivity contribution >= 4 is 24.7 Å². The predicted octanol–water partition coefficient (Wildman–Crippen LogP) is -0.528. The molecule has 2 aromatic rings. The van der Waals surface area contributed by atoms with Crippen LogP contribution in [0.5, 0.6) is 0 Å². The second-order valence-electron chi connectivity index (χ2n) is 6.28. The lowest BCUT2D eigenvalue weighted by Crippen LogP contribution is -2.53. The molecule has 13 heteroatoms. The number of aliphatic hydroxyl groups excluding tert-OH is 1. The topological polar surface area (TPSA) is 173 Å². The maximum atomic E-state index is 13.7. The zero-order valence-corrected chi connectivity index (χ0v) is 14.5. The fraction of sp³-hybridized carbons (Fsp3) is 0.538. The van der Waals surface area contributed by atoms with Crippen molar-refractivity contribution in [2.24, 2.45) is 0 Å². The van der Waals surface area contributed by atoms with Gasteiger partial charge >= 0.3 is 7.82 Å². The minimum absolute atomic E-state index is 0.175. The molecule has 1 aliphatic rings. The fourth-order valence-electron chi connectivity index (χ4n) is 3.04. The third kappa shape index (κ3) is 2.99. The molecule has 3 heterocycles. The molecular weight excluding hydrogens is 374 g/mol. The SMILES string of the molecule is C[C@@]1(O)[C@H](O)[C@@](CF)(COP(=O)(O)O)O[C@H]1n1ccc2c(N)ncnc21. The van der Waals surface area contributed by atoms with Crippen LogP contribution < -0.4 is 5.73 Å². The third-order valence-corrected chi connectivity index (χ3v) is 4.86. The Morgan fingerprint density at radius 2 is 2.19 bits per heavy atom. The van der Waals surface area contributed by atoms with Crippen molar-refractivity contribution in [2.45, 2.75) is 30.5 Å². The molecule has 144 valence electrons. The van der Waals surface area contributed by atoms with E-state index in [-0.39, 0.29) is 11.5 Å². The highest BCUT2D eigenvalue weighted by Gasteiger charge is 2.62. The van der Waals surface area contributed by atoms with Crippen LogP contribution in [0.15, 0.2) is 18.6 Å². The van der Waals surface area contributed by atoms with E-state index in [9.17, 15) is 19.2 Å². The monoisotopic (exact) mass is 392 g/mol. The van der Waals surface area contributed by atoms with E-state index in [1.165, 1.54) is 24.0 Å². The third-order valence-electron chi connectivity index (χ3n) is 4.39. The number of phosphoric ester groups is 1. The van der Waals surface area contributed by atoms with Crippen LogP contribution in [0, 0.1) is 0 Å². The van der Waals surface area contributed by atoms with E-state index in [0.29, 0.717) is 5.39 Å². The molecule has 26 heavy (non-hydrogen) atoms. The second-order valence-corrected chi connectivity index (χ2v) is 7.52. The van der Waals surface area contributed by atoms with Gasteiger partial charge in [-0.3, -0.25) is 4.52 Å². The van der Waals surface area contributed by atoms with Gasteiger partial charge in [-0.2, -0.15) is 0 Å². The molecule has 0 amide bonds. The Kier molecular flexibility index (Phi) is 4.56. The molecule has 0 saturated carbocycles. The summed E-state index contributed by atoms with van der Waals surface area (Å²) in [7, 11) is -4.95.